The van der Waals surface area contributed by atoms with Gasteiger partial charge in [-0.25, -0.2) is 8.42 Å². The smallest absolute Gasteiger partial charge is 0.252 e. The number of aryl methyl sites for hydroxylation is 2. The van der Waals surface area contributed by atoms with Crippen LogP contribution in [0.4, 0.5) is 0 Å². The average Bonchev–Trinajstić information content (AvgIpc) is 3.07. The molecule has 1 unspecified atom stereocenters. The van der Waals surface area contributed by atoms with Crippen molar-refractivity contribution in [2.45, 2.75) is 62.4 Å². The number of hydrogen-bond acceptors (Lipinski definition) is 9. The highest BCUT2D eigenvalue weighted by atomic mass is 32.2. The molecule has 1 atom stereocenters. The maximum atomic E-state index is 13.9. The molecule has 3 aliphatic rings. The van der Waals surface area contributed by atoms with E-state index < -0.39 is 10.0 Å². The number of nitrogens with one attached hydrogen (secondary N) is 1. The van der Waals surface area contributed by atoms with Crippen LogP contribution in [0.3, 0.4) is 0 Å². The van der Waals surface area contributed by atoms with Crippen molar-refractivity contribution in [1.29, 1.82) is 0 Å². The summed E-state index contributed by atoms with van der Waals surface area (Å²) in [5.74, 6) is 0.391. The van der Waals surface area contributed by atoms with E-state index >= 15 is 0 Å². The molecule has 2 aromatic rings. The van der Waals surface area contributed by atoms with Crippen LogP contribution in [0.25, 0.3) is 0 Å². The lowest BCUT2D eigenvalue weighted by molar-refractivity contribution is -0.139. The first-order chi connectivity index (χ1) is 22.5. The van der Waals surface area contributed by atoms with Crippen molar-refractivity contribution in [1.82, 2.24) is 29.3 Å². The van der Waals surface area contributed by atoms with Crippen LogP contribution in [0.5, 0.6) is 5.75 Å². The molecule has 47 heavy (non-hydrogen) atoms. The van der Waals surface area contributed by atoms with Crippen LogP contribution in [0.15, 0.2) is 41.6 Å². The third-order valence-corrected chi connectivity index (χ3v) is 12.3. The number of carbonyl (C=O) groups excluding carboxylic acids is 2. The highest BCUT2D eigenvalue weighted by molar-refractivity contribution is 7.89. The van der Waals surface area contributed by atoms with Gasteiger partial charge in [-0.15, -0.1) is 0 Å². The maximum Gasteiger partial charge on any atom is 0.252 e. The van der Waals surface area contributed by atoms with Crippen LogP contribution >= 0.6 is 0 Å². The molecule has 3 aliphatic heterocycles. The number of ether oxygens (including phenoxy) is 2. The molecule has 2 amide bonds. The van der Waals surface area contributed by atoms with E-state index in [-0.39, 0.29) is 36.6 Å². The van der Waals surface area contributed by atoms with E-state index in [1.807, 2.05) is 4.90 Å². The normalized spacial score (nSPS) is 21.4. The predicted molar refractivity (Wildman–Crippen MR) is 179 cm³/mol. The summed E-state index contributed by atoms with van der Waals surface area (Å²) >= 11 is 0. The van der Waals surface area contributed by atoms with E-state index in [9.17, 15) is 18.0 Å². The van der Waals surface area contributed by atoms with Crippen LogP contribution in [0.1, 0.15) is 53.6 Å². The van der Waals surface area contributed by atoms with Gasteiger partial charge in [0.15, 0.2) is 0 Å². The standard InChI is InChI=1S/C34H50N6O6S/c1-26-20-30(45-4)21-27(2)32(26)47(43,44)40-13-6-5-9-29(40)23-46-24-31(41)38-14-10-34(11-15-38,39-18-16-37(3)17-19-39)25-36-33(42)28-8-7-12-35-22-28/h7-8,12,20-22,29H,5-6,9-11,13-19,23-25H2,1-4H3,(H,36,42). The number of pyridine rings is 1. The van der Waals surface area contributed by atoms with E-state index in [1.54, 1.807) is 61.9 Å². The molecule has 258 valence electrons. The Labute approximate surface area is 279 Å². The van der Waals surface area contributed by atoms with Gasteiger partial charge in [-0.1, -0.05) is 6.42 Å². The maximum absolute atomic E-state index is 13.9. The molecule has 0 spiro atoms. The molecule has 3 fully saturated rings. The van der Waals surface area contributed by atoms with Crippen molar-refractivity contribution in [3.8, 4) is 5.75 Å². The Bertz CT molecular complexity index is 1470. The number of piperidine rings is 2. The lowest BCUT2D eigenvalue weighted by atomic mass is 9.84. The van der Waals surface area contributed by atoms with Gasteiger partial charge in [-0.05, 0) is 82.0 Å². The van der Waals surface area contributed by atoms with Gasteiger partial charge in [-0.3, -0.25) is 19.5 Å². The zero-order valence-electron chi connectivity index (χ0n) is 28.2. The number of likely N-dealkylation sites (tertiary alicyclic amines) is 1. The highest BCUT2D eigenvalue weighted by Gasteiger charge is 2.42. The van der Waals surface area contributed by atoms with Crippen LogP contribution < -0.4 is 10.1 Å². The second-order valence-electron chi connectivity index (χ2n) is 13.2. The van der Waals surface area contributed by atoms with Gasteiger partial charge in [0.2, 0.25) is 15.9 Å². The predicted octanol–water partition coefficient (Wildman–Crippen LogP) is 2.31. The van der Waals surface area contributed by atoms with Crippen LogP contribution in [0.2, 0.25) is 0 Å². The molecule has 0 aliphatic carbocycles. The summed E-state index contributed by atoms with van der Waals surface area (Å²) in [6, 6.07) is 6.68. The number of methoxy groups -OCH3 is 1. The summed E-state index contributed by atoms with van der Waals surface area (Å²) in [4.78, 5) is 37.3. The number of rotatable bonds is 11. The SMILES string of the molecule is COc1cc(C)c(S(=O)(=O)N2CCCCC2COCC(=O)N2CCC(CNC(=O)c3cccnc3)(N3CCN(C)CC3)CC2)c(C)c1. The molecule has 5 rings (SSSR count). The highest BCUT2D eigenvalue weighted by Crippen LogP contribution is 2.33. The summed E-state index contributed by atoms with van der Waals surface area (Å²) in [5, 5.41) is 3.15. The Kier molecular flexibility index (Phi) is 11.5. The van der Waals surface area contributed by atoms with Gasteiger partial charge >= 0.3 is 0 Å². The summed E-state index contributed by atoms with van der Waals surface area (Å²) in [5.41, 5.74) is 1.59. The number of carbonyl (C=O) groups is 2. The van der Waals surface area contributed by atoms with Gasteiger partial charge < -0.3 is 24.6 Å². The lowest BCUT2D eigenvalue weighted by Crippen LogP contribution is -2.64. The molecule has 0 radical (unpaired) electrons. The van der Waals surface area contributed by atoms with Gasteiger partial charge in [-0.2, -0.15) is 4.31 Å². The van der Waals surface area contributed by atoms with E-state index in [1.165, 1.54) is 0 Å². The summed E-state index contributed by atoms with van der Waals surface area (Å²) in [6.07, 6.45) is 7.08. The number of aromatic nitrogens is 1. The number of likely N-dealkylation sites (N-methyl/N-ethyl adjacent to an activating group) is 1. The number of hydrogen-bond donors (Lipinski definition) is 1. The molecule has 13 heteroatoms. The van der Waals surface area contributed by atoms with E-state index in [4.69, 9.17) is 9.47 Å². The first-order valence-electron chi connectivity index (χ1n) is 16.7. The fourth-order valence-corrected chi connectivity index (χ4v) is 9.38. The number of nitrogens with zero attached hydrogens (tertiary/aromatic N) is 5. The fraction of sp³-hybridized carbons (Fsp3) is 0.618. The number of sulfonamides is 1. The summed E-state index contributed by atoms with van der Waals surface area (Å²) in [7, 11) is -0.0708. The Morgan fingerprint density at radius 1 is 1.02 bits per heavy atom. The first-order valence-corrected chi connectivity index (χ1v) is 18.1. The monoisotopic (exact) mass is 670 g/mol. The molecule has 4 heterocycles. The summed E-state index contributed by atoms with van der Waals surface area (Å²) in [6.45, 7) is 9.46. The average molecular weight is 671 g/mol. The van der Waals surface area contributed by atoms with Crippen molar-refractivity contribution < 1.29 is 27.5 Å². The third kappa shape index (κ3) is 8.14. The minimum Gasteiger partial charge on any atom is -0.497 e. The summed E-state index contributed by atoms with van der Waals surface area (Å²) < 4.78 is 40.6. The van der Waals surface area contributed by atoms with Crippen molar-refractivity contribution in [3.05, 3.63) is 53.3 Å². The van der Waals surface area contributed by atoms with E-state index in [0.717, 1.165) is 51.9 Å². The van der Waals surface area contributed by atoms with Crippen molar-refractivity contribution in [2.75, 3.05) is 79.7 Å². The molecule has 0 bridgehead atoms. The minimum absolute atomic E-state index is 0.0930. The molecule has 1 N–H and O–H groups in total. The number of piperazine rings is 1. The Morgan fingerprint density at radius 2 is 1.72 bits per heavy atom. The molecule has 12 nitrogen and oxygen atoms in total. The zero-order chi connectivity index (χ0) is 33.6. The van der Waals surface area contributed by atoms with Gasteiger partial charge in [0.05, 0.1) is 24.2 Å². The Balaban J connectivity index is 1.18. The molecular formula is C34H50N6O6S. The Hall–Kier alpha value is -3.10. The van der Waals surface area contributed by atoms with Gasteiger partial charge in [0.25, 0.3) is 5.91 Å². The van der Waals surface area contributed by atoms with Crippen LogP contribution in [-0.4, -0.2) is 136 Å². The third-order valence-electron chi connectivity index (χ3n) is 10.1. The van der Waals surface area contributed by atoms with Crippen molar-refractivity contribution in [2.24, 2.45) is 0 Å². The second kappa shape index (κ2) is 15.4. The van der Waals surface area contributed by atoms with Gasteiger partial charge in [0, 0.05) is 76.3 Å². The van der Waals surface area contributed by atoms with E-state index in [0.29, 0.717) is 59.9 Å². The molecule has 3 saturated heterocycles. The Morgan fingerprint density at radius 3 is 2.36 bits per heavy atom. The number of benzene rings is 1. The quantitative estimate of drug-likeness (QED) is 0.384. The second-order valence-corrected chi connectivity index (χ2v) is 15.0. The largest absolute Gasteiger partial charge is 0.497 e. The molecule has 0 saturated carbocycles. The first kappa shape index (κ1) is 35.2. The number of amides is 2. The molecule has 1 aromatic carbocycles. The minimum atomic E-state index is -3.76. The van der Waals surface area contributed by atoms with E-state index in [2.05, 4.69) is 27.1 Å². The topological polar surface area (TPSA) is 125 Å². The van der Waals surface area contributed by atoms with Crippen molar-refractivity contribution >= 4 is 21.8 Å². The lowest BCUT2D eigenvalue weighted by Gasteiger charge is -2.51. The van der Waals surface area contributed by atoms with Crippen molar-refractivity contribution in [3.63, 3.8) is 0 Å². The zero-order valence-corrected chi connectivity index (χ0v) is 29.1. The van der Waals surface area contributed by atoms with Gasteiger partial charge in [0.1, 0.15) is 12.4 Å². The van der Waals surface area contributed by atoms with Crippen LogP contribution in [-0.2, 0) is 19.6 Å². The molecular weight excluding hydrogens is 620 g/mol. The van der Waals surface area contributed by atoms with Crippen LogP contribution in [0, 0.1) is 13.8 Å². The molecule has 1 aromatic heterocycles. The fourth-order valence-electron chi connectivity index (χ4n) is 7.29.